The van der Waals surface area contributed by atoms with Crippen molar-refractivity contribution < 1.29 is 0 Å². The van der Waals surface area contributed by atoms with Gasteiger partial charge in [0.25, 0.3) is 0 Å². The predicted molar refractivity (Wildman–Crippen MR) is 284 cm³/mol. The largest absolute Gasteiger partial charge is 0.309 e. The summed E-state index contributed by atoms with van der Waals surface area (Å²) < 4.78 is 4.38. The molecule has 0 N–H and O–H groups in total. The van der Waals surface area contributed by atoms with Gasteiger partial charge in [-0.15, -0.1) is 0 Å². The molecule has 3 heterocycles. The van der Waals surface area contributed by atoms with Crippen LogP contribution in [0.2, 0.25) is 0 Å². The van der Waals surface area contributed by atoms with Crippen LogP contribution in [0.1, 0.15) is 27.8 Å². The summed E-state index contributed by atoms with van der Waals surface area (Å²) in [4.78, 5) is 5.26. The van der Waals surface area contributed by atoms with Gasteiger partial charge >= 0.3 is 0 Å². The van der Waals surface area contributed by atoms with Crippen molar-refractivity contribution in [3.8, 4) is 97.6 Å². The van der Waals surface area contributed by atoms with E-state index in [4.69, 9.17) is 4.98 Å². The Kier molecular flexibility index (Phi) is 10.3. The number of hydrogen-bond donors (Lipinski definition) is 0. The number of benzene rings is 9. The van der Waals surface area contributed by atoms with Crippen molar-refractivity contribution >= 4 is 43.6 Å². The highest BCUT2D eigenvalue weighted by Gasteiger charge is 2.24. The fourth-order valence-electron chi connectivity index (χ4n) is 10.2. The van der Waals surface area contributed by atoms with E-state index in [1.165, 1.54) is 0 Å². The SMILES string of the molecule is N#Cc1ccc(-c2ccc3c(c2)c2ccccc2n3-c2cc(-c3cc(-c4ccccc4)nc(-c4ccccc4)c3)c(-n3c4ccccc4c4cc(-c5ccc(C#N)cc5C#N)ccc43)cc2C#N)c(C#N)c1. The molecule has 8 heteroatoms. The van der Waals surface area contributed by atoms with E-state index < -0.39 is 0 Å². The van der Waals surface area contributed by atoms with Gasteiger partial charge in [0.2, 0.25) is 0 Å². The normalized spacial score (nSPS) is 11.0. The molecule has 0 unspecified atom stereocenters. The van der Waals surface area contributed by atoms with E-state index in [1.54, 1.807) is 24.3 Å². The van der Waals surface area contributed by atoms with Crippen LogP contribution in [0.15, 0.2) is 206 Å². The zero-order valence-corrected chi connectivity index (χ0v) is 38.2. The van der Waals surface area contributed by atoms with Gasteiger partial charge in [0.05, 0.1) is 96.9 Å². The minimum Gasteiger partial charge on any atom is -0.309 e. The molecule has 0 amide bonds. The molecule has 0 fully saturated rings. The molecule has 8 nitrogen and oxygen atoms in total. The topological polar surface area (TPSA) is 142 Å². The summed E-state index contributed by atoms with van der Waals surface area (Å²) in [6.45, 7) is 0. The predicted octanol–water partition coefficient (Wildman–Crippen LogP) is 15.0. The van der Waals surface area contributed by atoms with E-state index in [1.807, 2.05) is 97.1 Å². The molecular formula is C64H34N8. The van der Waals surface area contributed by atoms with Gasteiger partial charge in [-0.05, 0) is 113 Å². The molecule has 0 atom stereocenters. The highest BCUT2D eigenvalue weighted by Crippen LogP contribution is 2.44. The maximum absolute atomic E-state index is 11.4. The molecule has 0 aliphatic rings. The number of fused-ring (bicyclic) bond motifs is 6. The van der Waals surface area contributed by atoms with Gasteiger partial charge in [-0.25, -0.2) is 4.98 Å². The maximum atomic E-state index is 11.4. The third-order valence-corrected chi connectivity index (χ3v) is 13.5. The monoisotopic (exact) mass is 914 g/mol. The number of aromatic nitrogens is 3. The molecule has 3 aromatic heterocycles. The summed E-state index contributed by atoms with van der Waals surface area (Å²) in [5, 5.41) is 54.8. The van der Waals surface area contributed by atoms with E-state index in [-0.39, 0.29) is 0 Å². The van der Waals surface area contributed by atoms with Crippen LogP contribution < -0.4 is 0 Å². The van der Waals surface area contributed by atoms with Crippen LogP contribution in [0.5, 0.6) is 0 Å². The van der Waals surface area contributed by atoms with Crippen molar-refractivity contribution in [2.75, 3.05) is 0 Å². The van der Waals surface area contributed by atoms with E-state index in [9.17, 15) is 26.3 Å². The molecular weight excluding hydrogens is 881 g/mol. The maximum Gasteiger partial charge on any atom is 0.101 e. The second kappa shape index (κ2) is 17.4. The number of nitrogens with zero attached hydrogens (tertiary/aromatic N) is 8. The Hall–Kier alpha value is -10.8. The van der Waals surface area contributed by atoms with Crippen LogP contribution in [0.25, 0.3) is 111 Å². The molecule has 0 saturated carbocycles. The summed E-state index contributed by atoms with van der Waals surface area (Å²) in [6.07, 6.45) is 0. The van der Waals surface area contributed by atoms with Crippen molar-refractivity contribution in [2.45, 2.75) is 0 Å². The van der Waals surface area contributed by atoms with Crippen LogP contribution >= 0.6 is 0 Å². The summed E-state index contributed by atoms with van der Waals surface area (Å²) in [5.74, 6) is 0. The van der Waals surface area contributed by atoms with E-state index >= 15 is 0 Å². The molecule has 0 aliphatic carbocycles. The van der Waals surface area contributed by atoms with Crippen molar-refractivity contribution in [3.05, 3.63) is 234 Å². The standard InChI is InChI=1S/C64H34N8/c65-35-40-19-23-50(47(27-40)37-67)44-21-25-61-55(29-44)52-15-7-9-17-59(52)71(61)63-34-54(46-31-57(42-11-3-1-4-12-42)70-58(32-46)43-13-5-2-6-14-43)64(33-49(63)39-69)72-60-18-10-8-16-53(60)56-30-45(22-26-62(56)72)51-24-20-41(36-66)28-48(51)38-68/h1-34H. The molecule has 9 aromatic carbocycles. The quantitative estimate of drug-likeness (QED) is 0.156. The zero-order chi connectivity index (χ0) is 48.9. The second-order valence-corrected chi connectivity index (χ2v) is 17.5. The van der Waals surface area contributed by atoms with E-state index in [0.717, 1.165) is 105 Å². The third-order valence-electron chi connectivity index (χ3n) is 13.5. The summed E-state index contributed by atoms with van der Waals surface area (Å²) in [7, 11) is 0. The fourth-order valence-corrected chi connectivity index (χ4v) is 10.2. The van der Waals surface area contributed by atoms with Crippen molar-refractivity contribution in [2.24, 2.45) is 0 Å². The first-order valence-electron chi connectivity index (χ1n) is 23.1. The lowest BCUT2D eigenvalue weighted by atomic mass is 9.96. The van der Waals surface area contributed by atoms with Crippen LogP contribution in [-0.4, -0.2) is 14.1 Å². The third kappa shape index (κ3) is 7.00. The van der Waals surface area contributed by atoms with Crippen molar-refractivity contribution in [1.82, 2.24) is 14.1 Å². The Bertz CT molecular complexity index is 4390. The van der Waals surface area contributed by atoms with Gasteiger partial charge in [-0.1, -0.05) is 121 Å². The first kappa shape index (κ1) is 42.5. The number of nitriles is 5. The molecule has 12 rings (SSSR count). The fraction of sp³-hybridized carbons (Fsp3) is 0. The molecule has 0 bridgehead atoms. The molecule has 0 saturated heterocycles. The smallest absolute Gasteiger partial charge is 0.101 e. The van der Waals surface area contributed by atoms with Gasteiger partial charge in [0.15, 0.2) is 0 Å². The Labute approximate surface area is 413 Å². The Morgan fingerprint density at radius 1 is 0.292 bits per heavy atom. The molecule has 0 radical (unpaired) electrons. The first-order valence-corrected chi connectivity index (χ1v) is 23.1. The van der Waals surface area contributed by atoms with Crippen molar-refractivity contribution in [3.63, 3.8) is 0 Å². The average molecular weight is 915 g/mol. The Morgan fingerprint density at radius 3 is 1.21 bits per heavy atom. The van der Waals surface area contributed by atoms with Crippen LogP contribution in [0.3, 0.4) is 0 Å². The number of hydrogen-bond acceptors (Lipinski definition) is 6. The van der Waals surface area contributed by atoms with Gasteiger partial charge < -0.3 is 9.13 Å². The van der Waals surface area contributed by atoms with Gasteiger partial charge in [-0.3, -0.25) is 0 Å². The van der Waals surface area contributed by atoms with Gasteiger partial charge in [0.1, 0.15) is 6.07 Å². The Morgan fingerprint density at radius 2 is 0.736 bits per heavy atom. The minimum absolute atomic E-state index is 0.411. The average Bonchev–Trinajstić information content (AvgIpc) is 3.96. The number of rotatable bonds is 7. The molecule has 0 aliphatic heterocycles. The summed E-state index contributed by atoms with van der Waals surface area (Å²) in [6, 6.07) is 79.2. The highest BCUT2D eigenvalue weighted by atomic mass is 15.0. The van der Waals surface area contributed by atoms with E-state index in [0.29, 0.717) is 33.5 Å². The van der Waals surface area contributed by atoms with Crippen LogP contribution in [0.4, 0.5) is 0 Å². The molecule has 0 spiro atoms. The van der Waals surface area contributed by atoms with Crippen LogP contribution in [-0.2, 0) is 0 Å². The lowest BCUT2D eigenvalue weighted by molar-refractivity contribution is 1.13. The lowest BCUT2D eigenvalue weighted by Crippen LogP contribution is -2.04. The van der Waals surface area contributed by atoms with Gasteiger partial charge in [-0.2, -0.15) is 26.3 Å². The van der Waals surface area contributed by atoms with Crippen molar-refractivity contribution in [1.29, 1.82) is 26.3 Å². The van der Waals surface area contributed by atoms with Gasteiger partial charge in [0, 0.05) is 38.2 Å². The number of para-hydroxylation sites is 2. The summed E-state index contributed by atoms with van der Waals surface area (Å²) >= 11 is 0. The highest BCUT2D eigenvalue weighted by molar-refractivity contribution is 6.13. The number of pyridine rings is 1. The minimum atomic E-state index is 0.411. The Balaban J connectivity index is 1.17. The molecule has 330 valence electrons. The lowest BCUT2D eigenvalue weighted by Gasteiger charge is -2.20. The first-order chi connectivity index (χ1) is 35.5. The summed E-state index contributed by atoms with van der Waals surface area (Å²) in [5.41, 5.74) is 15.5. The second-order valence-electron chi connectivity index (χ2n) is 17.5. The van der Waals surface area contributed by atoms with Crippen LogP contribution in [0, 0.1) is 56.7 Å². The molecule has 72 heavy (non-hydrogen) atoms. The molecule has 12 aromatic rings. The van der Waals surface area contributed by atoms with E-state index in [2.05, 4.69) is 124 Å². The zero-order valence-electron chi connectivity index (χ0n) is 38.2.